The van der Waals surface area contributed by atoms with Crippen LogP contribution >= 0.6 is 15.9 Å². The van der Waals surface area contributed by atoms with E-state index in [1.807, 2.05) is 0 Å². The van der Waals surface area contributed by atoms with Gasteiger partial charge in [0, 0.05) is 37.6 Å². The topological polar surface area (TPSA) is 41.6 Å². The van der Waals surface area contributed by atoms with E-state index in [2.05, 4.69) is 26.1 Å². The van der Waals surface area contributed by atoms with Crippen LogP contribution in [0.3, 0.4) is 0 Å². The van der Waals surface area contributed by atoms with E-state index in [4.69, 9.17) is 4.74 Å². The van der Waals surface area contributed by atoms with E-state index < -0.39 is 0 Å². The van der Waals surface area contributed by atoms with Gasteiger partial charge in [-0.3, -0.25) is 9.69 Å². The summed E-state index contributed by atoms with van der Waals surface area (Å²) in [6.45, 7) is 4.99. The molecule has 0 unspecified atom stereocenters. The molecule has 20 heavy (non-hydrogen) atoms. The summed E-state index contributed by atoms with van der Waals surface area (Å²) in [6.07, 6.45) is 0.00636. The Morgan fingerprint density at radius 1 is 1.60 bits per heavy atom. The number of hydrogen-bond acceptors (Lipinski definition) is 3. The molecule has 0 bridgehead atoms. The predicted octanol–water partition coefficient (Wildman–Crippen LogP) is 1.93. The number of rotatable bonds is 4. The highest BCUT2D eigenvalue weighted by atomic mass is 79.9. The quantitative estimate of drug-likeness (QED) is 0.907. The van der Waals surface area contributed by atoms with Crippen LogP contribution in [0.2, 0.25) is 0 Å². The van der Waals surface area contributed by atoms with Crippen LogP contribution in [0.15, 0.2) is 22.7 Å². The van der Waals surface area contributed by atoms with E-state index >= 15 is 0 Å². The number of benzene rings is 1. The minimum Gasteiger partial charge on any atom is -0.374 e. The van der Waals surface area contributed by atoms with E-state index in [1.165, 1.54) is 19.1 Å². The molecule has 1 amide bonds. The zero-order chi connectivity index (χ0) is 14.5. The molecule has 1 aromatic carbocycles. The molecule has 0 radical (unpaired) electrons. The smallest absolute Gasteiger partial charge is 0.216 e. The number of carbonyl (C=O) groups excluding carboxylic acids is 1. The average Bonchev–Trinajstić information content (AvgIpc) is 2.40. The second-order valence-electron chi connectivity index (χ2n) is 4.90. The molecule has 110 valence electrons. The molecule has 2 rings (SSSR count). The van der Waals surface area contributed by atoms with E-state index in [1.54, 1.807) is 6.07 Å². The molecule has 6 heteroatoms. The van der Waals surface area contributed by atoms with Gasteiger partial charge in [0.15, 0.2) is 0 Å². The summed E-state index contributed by atoms with van der Waals surface area (Å²) in [6, 6.07) is 4.73. The monoisotopic (exact) mass is 344 g/mol. The predicted molar refractivity (Wildman–Crippen MR) is 77.8 cm³/mol. The molecular weight excluding hydrogens is 327 g/mol. The van der Waals surface area contributed by atoms with Crippen LogP contribution in [0.4, 0.5) is 4.39 Å². The standard InChI is InChI=1S/C14H18BrFN2O2/c1-10(19)17-7-13-9-18(4-5-20-13)8-11-2-3-12(16)6-14(11)15/h2-3,6,13H,4-5,7-9H2,1H3,(H,17,19)/t13-/m1/s1. The second-order valence-corrected chi connectivity index (χ2v) is 5.76. The molecule has 1 atom stereocenters. The molecule has 1 aliphatic rings. The Morgan fingerprint density at radius 3 is 3.10 bits per heavy atom. The van der Waals surface area contributed by atoms with Gasteiger partial charge in [0.1, 0.15) is 5.82 Å². The van der Waals surface area contributed by atoms with E-state index in [9.17, 15) is 9.18 Å². The Kier molecular flexibility index (Phi) is 5.51. The van der Waals surface area contributed by atoms with E-state index in [0.717, 1.165) is 29.7 Å². The van der Waals surface area contributed by atoms with Crippen molar-refractivity contribution in [1.82, 2.24) is 10.2 Å². The summed E-state index contributed by atoms with van der Waals surface area (Å²) in [5.74, 6) is -0.293. The van der Waals surface area contributed by atoms with Gasteiger partial charge >= 0.3 is 0 Å². The fraction of sp³-hybridized carbons (Fsp3) is 0.500. The number of nitrogens with one attached hydrogen (secondary N) is 1. The van der Waals surface area contributed by atoms with Crippen LogP contribution in [0.25, 0.3) is 0 Å². The van der Waals surface area contributed by atoms with E-state index in [0.29, 0.717) is 13.2 Å². The highest BCUT2D eigenvalue weighted by Gasteiger charge is 2.21. The van der Waals surface area contributed by atoms with Gasteiger partial charge in [0.05, 0.1) is 12.7 Å². The largest absolute Gasteiger partial charge is 0.374 e. The summed E-state index contributed by atoms with van der Waals surface area (Å²) in [5, 5.41) is 2.77. The molecule has 1 heterocycles. The molecule has 1 fully saturated rings. The number of nitrogens with zero attached hydrogens (tertiary/aromatic N) is 1. The van der Waals surface area contributed by atoms with Crippen LogP contribution in [0, 0.1) is 5.82 Å². The molecule has 1 saturated heterocycles. The van der Waals surface area contributed by atoms with Crippen molar-refractivity contribution < 1.29 is 13.9 Å². The van der Waals surface area contributed by atoms with Gasteiger partial charge in [-0.15, -0.1) is 0 Å². The van der Waals surface area contributed by atoms with Crippen LogP contribution in [-0.2, 0) is 16.1 Å². The zero-order valence-corrected chi connectivity index (χ0v) is 13.0. The second kappa shape index (κ2) is 7.15. The molecule has 0 aliphatic carbocycles. The van der Waals surface area contributed by atoms with Crippen molar-refractivity contribution in [2.24, 2.45) is 0 Å². The molecule has 4 nitrogen and oxygen atoms in total. The van der Waals surface area contributed by atoms with Crippen molar-refractivity contribution in [3.8, 4) is 0 Å². The maximum absolute atomic E-state index is 13.1. The maximum atomic E-state index is 13.1. The molecule has 0 spiro atoms. The third-order valence-corrected chi connectivity index (χ3v) is 3.95. The Balaban J connectivity index is 1.90. The molecule has 0 saturated carbocycles. The highest BCUT2D eigenvalue weighted by Crippen LogP contribution is 2.20. The maximum Gasteiger partial charge on any atom is 0.216 e. The minimum atomic E-state index is -0.244. The highest BCUT2D eigenvalue weighted by molar-refractivity contribution is 9.10. The summed E-state index contributed by atoms with van der Waals surface area (Å²) in [5.41, 5.74) is 1.05. The molecular formula is C14H18BrFN2O2. The summed E-state index contributed by atoms with van der Waals surface area (Å²) in [7, 11) is 0. The third kappa shape index (κ3) is 4.54. The fourth-order valence-electron chi connectivity index (χ4n) is 2.20. The van der Waals surface area contributed by atoms with Gasteiger partial charge in [-0.05, 0) is 17.7 Å². The first-order valence-corrected chi connectivity index (χ1v) is 7.36. The zero-order valence-electron chi connectivity index (χ0n) is 11.4. The van der Waals surface area contributed by atoms with Gasteiger partial charge in [0.2, 0.25) is 5.91 Å². The first-order chi connectivity index (χ1) is 9.54. The average molecular weight is 345 g/mol. The lowest BCUT2D eigenvalue weighted by Crippen LogP contribution is -2.46. The van der Waals surface area contributed by atoms with Crippen molar-refractivity contribution in [2.45, 2.75) is 19.6 Å². The van der Waals surface area contributed by atoms with Gasteiger partial charge in [-0.25, -0.2) is 4.39 Å². The Hall–Kier alpha value is -0.980. The SMILES string of the molecule is CC(=O)NC[C@@H]1CN(Cc2ccc(F)cc2Br)CCO1. The number of ether oxygens (including phenoxy) is 1. The summed E-state index contributed by atoms with van der Waals surface area (Å²) >= 11 is 3.38. The molecule has 1 N–H and O–H groups in total. The Labute approximate surface area is 126 Å². The minimum absolute atomic E-state index is 0.00636. The Bertz CT molecular complexity index is 484. The van der Waals surface area contributed by atoms with Crippen LogP contribution in [-0.4, -0.2) is 43.2 Å². The summed E-state index contributed by atoms with van der Waals surface area (Å²) < 4.78 is 19.5. The van der Waals surface area contributed by atoms with Crippen molar-refractivity contribution in [1.29, 1.82) is 0 Å². The number of amides is 1. The van der Waals surface area contributed by atoms with Gasteiger partial charge in [-0.1, -0.05) is 22.0 Å². The third-order valence-electron chi connectivity index (χ3n) is 3.21. The summed E-state index contributed by atoms with van der Waals surface area (Å²) in [4.78, 5) is 13.2. The number of halogens is 2. The van der Waals surface area contributed by atoms with Crippen molar-refractivity contribution in [2.75, 3.05) is 26.2 Å². The molecule has 1 aliphatic heterocycles. The van der Waals surface area contributed by atoms with E-state index in [-0.39, 0.29) is 17.8 Å². The number of carbonyl (C=O) groups is 1. The van der Waals surface area contributed by atoms with Crippen LogP contribution in [0.5, 0.6) is 0 Å². The van der Waals surface area contributed by atoms with Crippen molar-refractivity contribution in [3.63, 3.8) is 0 Å². The van der Waals surface area contributed by atoms with Crippen LogP contribution in [0.1, 0.15) is 12.5 Å². The first-order valence-electron chi connectivity index (χ1n) is 6.57. The lowest BCUT2D eigenvalue weighted by Gasteiger charge is -2.33. The number of hydrogen-bond donors (Lipinski definition) is 1. The lowest BCUT2D eigenvalue weighted by atomic mass is 10.2. The lowest BCUT2D eigenvalue weighted by molar-refractivity contribution is -0.120. The van der Waals surface area contributed by atoms with Gasteiger partial charge in [-0.2, -0.15) is 0 Å². The fourth-order valence-corrected chi connectivity index (χ4v) is 2.67. The number of morpholine rings is 1. The Morgan fingerprint density at radius 2 is 2.40 bits per heavy atom. The van der Waals surface area contributed by atoms with Crippen molar-refractivity contribution >= 4 is 21.8 Å². The first kappa shape index (κ1) is 15.4. The van der Waals surface area contributed by atoms with Crippen molar-refractivity contribution in [3.05, 3.63) is 34.1 Å². The molecule has 1 aromatic rings. The van der Waals surface area contributed by atoms with Gasteiger partial charge in [0.25, 0.3) is 0 Å². The molecule has 0 aromatic heterocycles. The van der Waals surface area contributed by atoms with Gasteiger partial charge < -0.3 is 10.1 Å². The normalized spacial score (nSPS) is 19.9. The van der Waals surface area contributed by atoms with Crippen LogP contribution < -0.4 is 5.32 Å².